The minimum atomic E-state index is 0.863. The van der Waals surface area contributed by atoms with E-state index < -0.39 is 0 Å². The smallest absolute Gasteiger partial charge is 0.143 e. The zero-order valence-corrected chi connectivity index (χ0v) is 26.5. The molecule has 0 saturated carbocycles. The van der Waals surface area contributed by atoms with E-state index in [1.54, 1.807) is 0 Å². The highest BCUT2D eigenvalue weighted by Crippen LogP contribution is 2.45. The Balaban J connectivity index is 1.20. The lowest BCUT2D eigenvalue weighted by atomic mass is 10.0. The molecule has 0 fully saturated rings. The minimum absolute atomic E-state index is 0.863. The van der Waals surface area contributed by atoms with Crippen molar-refractivity contribution in [2.45, 2.75) is 0 Å². The molecule has 0 aliphatic rings. The molecule has 2 aromatic heterocycles. The highest BCUT2D eigenvalue weighted by molar-refractivity contribution is 6.19. The van der Waals surface area contributed by atoms with Crippen LogP contribution in [0.25, 0.3) is 76.9 Å². The van der Waals surface area contributed by atoms with Gasteiger partial charge < -0.3 is 13.7 Å². The molecule has 8 aromatic carbocycles. The summed E-state index contributed by atoms with van der Waals surface area (Å²) >= 11 is 0. The number of benzene rings is 8. The molecule has 0 aliphatic carbocycles. The second kappa shape index (κ2) is 11.0. The van der Waals surface area contributed by atoms with Gasteiger partial charge in [-0.2, -0.15) is 0 Å². The molecule has 2 heterocycles. The van der Waals surface area contributed by atoms with Gasteiger partial charge >= 0.3 is 0 Å². The summed E-state index contributed by atoms with van der Waals surface area (Å²) in [6.45, 7) is 0. The number of hydrogen-bond donors (Lipinski definition) is 0. The van der Waals surface area contributed by atoms with Gasteiger partial charge in [0.15, 0.2) is 0 Å². The summed E-state index contributed by atoms with van der Waals surface area (Å²) in [5, 5.41) is 6.71. The van der Waals surface area contributed by atoms with E-state index in [9.17, 15) is 0 Å². The van der Waals surface area contributed by atoms with Crippen LogP contribution in [-0.2, 0) is 0 Å². The first-order valence-corrected chi connectivity index (χ1v) is 16.6. The standard InChI is InChI=1S/C46H29NO2/c1-2-11-30(12-3-1)32-14-8-16-35(27-32)47(41-20-10-22-44-45(41)39-25-23-31-13-4-5-18-37(31)46(39)49-44)36-17-9-15-33(28-36)34-24-26-43-40(29-34)38-19-6-7-21-42(38)48-43/h1-29H. The van der Waals surface area contributed by atoms with E-state index in [4.69, 9.17) is 8.83 Å². The lowest BCUT2D eigenvalue weighted by molar-refractivity contribution is 0.669. The summed E-state index contributed by atoms with van der Waals surface area (Å²) in [6.07, 6.45) is 0. The maximum atomic E-state index is 6.65. The fourth-order valence-corrected chi connectivity index (χ4v) is 7.33. The van der Waals surface area contributed by atoms with Gasteiger partial charge in [0.1, 0.15) is 22.3 Å². The van der Waals surface area contributed by atoms with E-state index in [0.29, 0.717) is 0 Å². The molecule has 10 aromatic rings. The predicted molar refractivity (Wildman–Crippen MR) is 204 cm³/mol. The molecule has 3 heteroatoms. The predicted octanol–water partition coefficient (Wildman–Crippen LogP) is 13.4. The van der Waals surface area contributed by atoms with Crippen LogP contribution in [0.4, 0.5) is 17.1 Å². The number of nitrogens with zero attached hydrogens (tertiary/aromatic N) is 1. The first-order chi connectivity index (χ1) is 24.3. The lowest BCUT2D eigenvalue weighted by Gasteiger charge is -2.27. The minimum Gasteiger partial charge on any atom is -0.456 e. The van der Waals surface area contributed by atoms with Crippen LogP contribution < -0.4 is 4.90 Å². The molecular weight excluding hydrogens is 599 g/mol. The van der Waals surface area contributed by atoms with Crippen molar-refractivity contribution in [2.75, 3.05) is 4.90 Å². The van der Waals surface area contributed by atoms with E-state index in [1.165, 1.54) is 5.56 Å². The molecule has 10 rings (SSSR count). The zero-order valence-electron chi connectivity index (χ0n) is 26.5. The number of hydrogen-bond acceptors (Lipinski definition) is 3. The van der Waals surface area contributed by atoms with Gasteiger partial charge in [-0.3, -0.25) is 0 Å². The summed E-state index contributed by atoms with van der Waals surface area (Å²) < 4.78 is 12.8. The number of rotatable bonds is 5. The molecule has 0 atom stereocenters. The van der Waals surface area contributed by atoms with Crippen LogP contribution in [0.3, 0.4) is 0 Å². The van der Waals surface area contributed by atoms with Crippen molar-refractivity contribution in [1.29, 1.82) is 0 Å². The molecule has 0 radical (unpaired) electrons. The van der Waals surface area contributed by atoms with Gasteiger partial charge in [0.25, 0.3) is 0 Å². The average molecular weight is 628 g/mol. The van der Waals surface area contributed by atoms with Crippen LogP contribution in [0.1, 0.15) is 0 Å². The molecule has 0 amide bonds. The summed E-state index contributed by atoms with van der Waals surface area (Å²) in [6, 6.07) is 62.1. The van der Waals surface area contributed by atoms with E-state index in [0.717, 1.165) is 88.4 Å². The first-order valence-electron chi connectivity index (χ1n) is 16.6. The zero-order chi connectivity index (χ0) is 32.3. The lowest BCUT2D eigenvalue weighted by Crippen LogP contribution is -2.10. The van der Waals surface area contributed by atoms with E-state index in [-0.39, 0.29) is 0 Å². The third kappa shape index (κ3) is 4.51. The van der Waals surface area contributed by atoms with Gasteiger partial charge in [-0.25, -0.2) is 0 Å². The maximum absolute atomic E-state index is 6.65. The van der Waals surface area contributed by atoms with Crippen LogP contribution in [0.5, 0.6) is 0 Å². The highest BCUT2D eigenvalue weighted by atomic mass is 16.3. The van der Waals surface area contributed by atoms with Crippen molar-refractivity contribution in [3.63, 3.8) is 0 Å². The topological polar surface area (TPSA) is 29.5 Å². The van der Waals surface area contributed by atoms with Gasteiger partial charge in [0, 0.05) is 32.9 Å². The largest absolute Gasteiger partial charge is 0.456 e. The fraction of sp³-hybridized carbons (Fsp3) is 0. The van der Waals surface area contributed by atoms with Crippen LogP contribution in [0, 0.1) is 0 Å². The highest BCUT2D eigenvalue weighted by Gasteiger charge is 2.21. The van der Waals surface area contributed by atoms with Gasteiger partial charge in [-0.1, -0.05) is 115 Å². The SMILES string of the molecule is c1ccc(-c2cccc(N(c3cccc(-c4ccc5oc6ccccc6c5c4)c3)c3cccc4oc5c6ccccc6ccc5c34)c2)cc1. The maximum Gasteiger partial charge on any atom is 0.143 e. The van der Waals surface area contributed by atoms with Crippen LogP contribution in [-0.4, -0.2) is 0 Å². The Morgan fingerprint density at radius 2 is 0.980 bits per heavy atom. The third-order valence-electron chi connectivity index (χ3n) is 9.63. The first kappa shape index (κ1) is 27.5. The van der Waals surface area contributed by atoms with Crippen molar-refractivity contribution < 1.29 is 8.83 Å². The fourth-order valence-electron chi connectivity index (χ4n) is 7.33. The summed E-state index contributed by atoms with van der Waals surface area (Å²) in [5.74, 6) is 0. The molecule has 0 spiro atoms. The normalized spacial score (nSPS) is 11.7. The average Bonchev–Trinajstić information content (AvgIpc) is 3.74. The Morgan fingerprint density at radius 3 is 1.82 bits per heavy atom. The molecule has 230 valence electrons. The van der Waals surface area contributed by atoms with Crippen molar-refractivity contribution in [2.24, 2.45) is 0 Å². The van der Waals surface area contributed by atoms with Crippen LogP contribution >= 0.6 is 0 Å². The molecule has 49 heavy (non-hydrogen) atoms. The number of para-hydroxylation sites is 1. The van der Waals surface area contributed by atoms with Crippen molar-refractivity contribution >= 4 is 71.7 Å². The molecule has 0 unspecified atom stereocenters. The Bertz CT molecular complexity index is 2840. The van der Waals surface area contributed by atoms with Crippen molar-refractivity contribution in [3.05, 3.63) is 176 Å². The Labute approximate surface area is 282 Å². The molecule has 0 N–H and O–H groups in total. The third-order valence-corrected chi connectivity index (χ3v) is 9.63. The van der Waals surface area contributed by atoms with Crippen LogP contribution in [0.2, 0.25) is 0 Å². The van der Waals surface area contributed by atoms with Gasteiger partial charge in [-0.05, 0) is 88.3 Å². The Kier molecular flexibility index (Phi) is 6.18. The second-order valence-electron chi connectivity index (χ2n) is 12.5. The summed E-state index contributed by atoms with van der Waals surface area (Å²) in [7, 11) is 0. The second-order valence-corrected chi connectivity index (χ2v) is 12.5. The van der Waals surface area contributed by atoms with Gasteiger partial charge in [-0.15, -0.1) is 0 Å². The Morgan fingerprint density at radius 1 is 0.347 bits per heavy atom. The molecule has 0 bridgehead atoms. The summed E-state index contributed by atoms with van der Waals surface area (Å²) in [4.78, 5) is 2.37. The van der Waals surface area contributed by atoms with E-state index in [2.05, 4.69) is 169 Å². The molecule has 0 aliphatic heterocycles. The van der Waals surface area contributed by atoms with E-state index in [1.807, 2.05) is 12.1 Å². The molecular formula is C46H29NO2. The van der Waals surface area contributed by atoms with E-state index >= 15 is 0 Å². The van der Waals surface area contributed by atoms with Crippen molar-refractivity contribution in [1.82, 2.24) is 0 Å². The monoisotopic (exact) mass is 627 g/mol. The van der Waals surface area contributed by atoms with Gasteiger partial charge in [0.05, 0.1) is 11.1 Å². The summed E-state index contributed by atoms with van der Waals surface area (Å²) in [5.41, 5.74) is 11.4. The molecule has 0 saturated heterocycles. The van der Waals surface area contributed by atoms with Gasteiger partial charge in [0.2, 0.25) is 0 Å². The number of fused-ring (bicyclic) bond motifs is 8. The quantitative estimate of drug-likeness (QED) is 0.190. The molecule has 3 nitrogen and oxygen atoms in total. The van der Waals surface area contributed by atoms with Crippen LogP contribution in [0.15, 0.2) is 185 Å². The Hall–Kier alpha value is -6.58. The van der Waals surface area contributed by atoms with Crippen molar-refractivity contribution in [3.8, 4) is 22.3 Å². The number of anilines is 3. The number of furan rings is 2.